The lowest BCUT2D eigenvalue weighted by molar-refractivity contribution is 0.101. The third kappa shape index (κ3) is 2.46. The number of nitrogens with zero attached hydrogens (tertiary/aromatic N) is 1. The second-order valence-electron chi connectivity index (χ2n) is 5.34. The van der Waals surface area contributed by atoms with Crippen LogP contribution >= 0.6 is 0 Å². The molecule has 0 spiro atoms. The molecule has 2 aromatic rings. The van der Waals surface area contributed by atoms with Crippen LogP contribution in [0.5, 0.6) is 0 Å². The van der Waals surface area contributed by atoms with E-state index in [0.717, 1.165) is 18.5 Å². The SMILES string of the molecule is CC(=O)c1ccc(N2CCCCc3ccccc32)cc1. The van der Waals surface area contributed by atoms with E-state index in [4.69, 9.17) is 0 Å². The minimum absolute atomic E-state index is 0.118. The van der Waals surface area contributed by atoms with Crippen molar-refractivity contribution < 1.29 is 4.79 Å². The summed E-state index contributed by atoms with van der Waals surface area (Å²) >= 11 is 0. The summed E-state index contributed by atoms with van der Waals surface area (Å²) in [4.78, 5) is 13.7. The summed E-state index contributed by atoms with van der Waals surface area (Å²) in [6.07, 6.45) is 3.58. The highest BCUT2D eigenvalue weighted by Crippen LogP contribution is 2.32. The van der Waals surface area contributed by atoms with Crippen molar-refractivity contribution in [3.05, 3.63) is 59.7 Å². The molecular formula is C18H19NO. The summed E-state index contributed by atoms with van der Waals surface area (Å²) in [5.74, 6) is 0.118. The zero-order valence-corrected chi connectivity index (χ0v) is 11.8. The fourth-order valence-electron chi connectivity index (χ4n) is 2.84. The lowest BCUT2D eigenvalue weighted by Crippen LogP contribution is -2.17. The van der Waals surface area contributed by atoms with E-state index in [1.54, 1.807) is 6.92 Å². The maximum Gasteiger partial charge on any atom is 0.159 e. The average molecular weight is 265 g/mol. The standard InChI is InChI=1S/C18H19NO/c1-14(20)15-9-11-17(12-10-15)19-13-5-4-7-16-6-2-3-8-18(16)19/h2-3,6,8-12H,4-5,7,13H2,1H3. The van der Waals surface area contributed by atoms with Gasteiger partial charge in [0, 0.05) is 23.5 Å². The van der Waals surface area contributed by atoms with Gasteiger partial charge in [0.2, 0.25) is 0 Å². The molecule has 1 aliphatic rings. The molecule has 0 saturated carbocycles. The second-order valence-corrected chi connectivity index (χ2v) is 5.34. The monoisotopic (exact) mass is 265 g/mol. The predicted octanol–water partition coefficient (Wildman–Crippen LogP) is 4.36. The van der Waals surface area contributed by atoms with Gasteiger partial charge in [0.1, 0.15) is 0 Å². The highest BCUT2D eigenvalue weighted by atomic mass is 16.1. The first-order valence-corrected chi connectivity index (χ1v) is 7.22. The van der Waals surface area contributed by atoms with Crippen molar-refractivity contribution >= 4 is 17.2 Å². The molecule has 0 atom stereocenters. The first-order chi connectivity index (χ1) is 9.75. The first kappa shape index (κ1) is 12.9. The van der Waals surface area contributed by atoms with Crippen LogP contribution in [0, 0.1) is 0 Å². The molecule has 20 heavy (non-hydrogen) atoms. The van der Waals surface area contributed by atoms with Gasteiger partial charge >= 0.3 is 0 Å². The van der Waals surface area contributed by atoms with E-state index < -0.39 is 0 Å². The maximum absolute atomic E-state index is 11.4. The second kappa shape index (κ2) is 5.49. The van der Waals surface area contributed by atoms with Gasteiger partial charge < -0.3 is 4.90 Å². The van der Waals surface area contributed by atoms with Crippen LogP contribution in [0.3, 0.4) is 0 Å². The summed E-state index contributed by atoms with van der Waals surface area (Å²) in [5.41, 5.74) is 4.67. The van der Waals surface area contributed by atoms with Gasteiger partial charge in [-0.2, -0.15) is 0 Å². The third-order valence-electron chi connectivity index (χ3n) is 3.95. The Morgan fingerprint density at radius 1 is 1.00 bits per heavy atom. The van der Waals surface area contributed by atoms with Gasteiger partial charge in [-0.1, -0.05) is 18.2 Å². The Morgan fingerprint density at radius 2 is 1.75 bits per heavy atom. The van der Waals surface area contributed by atoms with E-state index in [-0.39, 0.29) is 5.78 Å². The molecule has 102 valence electrons. The quantitative estimate of drug-likeness (QED) is 0.752. The molecule has 0 fully saturated rings. The Morgan fingerprint density at radius 3 is 2.50 bits per heavy atom. The Balaban J connectivity index is 1.98. The van der Waals surface area contributed by atoms with Crippen LogP contribution in [0.4, 0.5) is 11.4 Å². The summed E-state index contributed by atoms with van der Waals surface area (Å²) < 4.78 is 0. The highest BCUT2D eigenvalue weighted by Gasteiger charge is 2.16. The van der Waals surface area contributed by atoms with Gasteiger partial charge in [0.05, 0.1) is 0 Å². The number of aryl methyl sites for hydroxylation is 1. The van der Waals surface area contributed by atoms with Crippen molar-refractivity contribution in [2.24, 2.45) is 0 Å². The van der Waals surface area contributed by atoms with E-state index in [2.05, 4.69) is 41.3 Å². The minimum Gasteiger partial charge on any atom is -0.341 e. The summed E-state index contributed by atoms with van der Waals surface area (Å²) in [6, 6.07) is 16.6. The molecule has 0 unspecified atom stereocenters. The van der Waals surface area contributed by atoms with Gasteiger partial charge in [-0.05, 0) is 62.1 Å². The number of Topliss-reactive ketones (excluding diaryl/α,β-unsaturated/α-hetero) is 1. The molecule has 2 heteroatoms. The first-order valence-electron chi connectivity index (χ1n) is 7.22. The van der Waals surface area contributed by atoms with Gasteiger partial charge in [-0.15, -0.1) is 0 Å². The normalized spacial score (nSPS) is 14.6. The van der Waals surface area contributed by atoms with Crippen molar-refractivity contribution in [1.29, 1.82) is 0 Å². The van der Waals surface area contributed by atoms with Gasteiger partial charge in [0.25, 0.3) is 0 Å². The van der Waals surface area contributed by atoms with Crippen LogP contribution in [-0.4, -0.2) is 12.3 Å². The van der Waals surface area contributed by atoms with Crippen molar-refractivity contribution in [1.82, 2.24) is 0 Å². The van der Waals surface area contributed by atoms with Crippen LogP contribution in [0.15, 0.2) is 48.5 Å². The number of para-hydroxylation sites is 1. The van der Waals surface area contributed by atoms with E-state index in [1.165, 1.54) is 29.8 Å². The molecule has 0 saturated heterocycles. The third-order valence-corrected chi connectivity index (χ3v) is 3.95. The van der Waals surface area contributed by atoms with Crippen LogP contribution in [0.1, 0.15) is 35.7 Å². The molecule has 0 bridgehead atoms. The fourth-order valence-corrected chi connectivity index (χ4v) is 2.84. The van der Waals surface area contributed by atoms with E-state index in [1.807, 2.05) is 12.1 Å². The number of rotatable bonds is 2. The van der Waals surface area contributed by atoms with Crippen LogP contribution in [0.2, 0.25) is 0 Å². The molecule has 0 radical (unpaired) electrons. The minimum atomic E-state index is 0.118. The molecule has 2 nitrogen and oxygen atoms in total. The van der Waals surface area contributed by atoms with Gasteiger partial charge in [0.15, 0.2) is 5.78 Å². The molecule has 0 N–H and O–H groups in total. The molecular weight excluding hydrogens is 246 g/mol. The Bertz CT molecular complexity index is 616. The Labute approximate surface area is 120 Å². The smallest absolute Gasteiger partial charge is 0.159 e. The van der Waals surface area contributed by atoms with E-state index >= 15 is 0 Å². The number of carbonyl (C=O) groups excluding carboxylic acids is 1. The fraction of sp³-hybridized carbons (Fsp3) is 0.278. The van der Waals surface area contributed by atoms with Gasteiger partial charge in [-0.25, -0.2) is 0 Å². The van der Waals surface area contributed by atoms with E-state index in [0.29, 0.717) is 0 Å². The maximum atomic E-state index is 11.4. The number of benzene rings is 2. The predicted molar refractivity (Wildman–Crippen MR) is 82.8 cm³/mol. The lowest BCUT2D eigenvalue weighted by Gasteiger charge is -2.25. The molecule has 3 rings (SSSR count). The van der Waals surface area contributed by atoms with Crippen molar-refractivity contribution in [2.45, 2.75) is 26.2 Å². The van der Waals surface area contributed by atoms with Gasteiger partial charge in [-0.3, -0.25) is 4.79 Å². The summed E-state index contributed by atoms with van der Waals surface area (Å²) in [7, 11) is 0. The highest BCUT2D eigenvalue weighted by molar-refractivity contribution is 5.94. The number of ketones is 1. The van der Waals surface area contributed by atoms with Crippen molar-refractivity contribution in [3.8, 4) is 0 Å². The largest absolute Gasteiger partial charge is 0.341 e. The lowest BCUT2D eigenvalue weighted by atomic mass is 10.1. The number of carbonyl (C=O) groups is 1. The van der Waals surface area contributed by atoms with Crippen LogP contribution in [0.25, 0.3) is 0 Å². The number of hydrogen-bond acceptors (Lipinski definition) is 2. The van der Waals surface area contributed by atoms with Crippen LogP contribution < -0.4 is 4.90 Å². The molecule has 1 heterocycles. The number of anilines is 2. The Hall–Kier alpha value is -2.09. The van der Waals surface area contributed by atoms with E-state index in [9.17, 15) is 4.79 Å². The average Bonchev–Trinajstić information content (AvgIpc) is 2.69. The topological polar surface area (TPSA) is 20.3 Å². The zero-order chi connectivity index (χ0) is 13.9. The summed E-state index contributed by atoms with van der Waals surface area (Å²) in [5, 5.41) is 0. The van der Waals surface area contributed by atoms with Crippen molar-refractivity contribution in [3.63, 3.8) is 0 Å². The zero-order valence-electron chi connectivity index (χ0n) is 11.8. The molecule has 0 aliphatic carbocycles. The Kier molecular flexibility index (Phi) is 3.55. The van der Waals surface area contributed by atoms with Crippen molar-refractivity contribution in [2.75, 3.05) is 11.4 Å². The molecule has 0 aromatic heterocycles. The molecule has 1 aliphatic heterocycles. The molecule has 2 aromatic carbocycles. The molecule has 0 amide bonds. The number of fused-ring (bicyclic) bond motifs is 1. The number of hydrogen-bond donors (Lipinski definition) is 0. The van der Waals surface area contributed by atoms with Crippen LogP contribution in [-0.2, 0) is 6.42 Å². The summed E-state index contributed by atoms with van der Waals surface area (Å²) in [6.45, 7) is 2.65.